The number of amides is 1. The summed E-state index contributed by atoms with van der Waals surface area (Å²) in [7, 11) is 0. The van der Waals surface area contributed by atoms with E-state index in [2.05, 4.69) is 32.6 Å². The molecule has 3 heterocycles. The van der Waals surface area contributed by atoms with Gasteiger partial charge in [0.15, 0.2) is 0 Å². The molecule has 0 aliphatic carbocycles. The van der Waals surface area contributed by atoms with Crippen LogP contribution in [0.2, 0.25) is 0 Å². The second kappa shape index (κ2) is 7.92. The van der Waals surface area contributed by atoms with Gasteiger partial charge in [0.25, 0.3) is 5.91 Å². The molecule has 3 aromatic rings. The normalized spacial score (nSPS) is 17.1. The molecule has 8 nitrogen and oxygen atoms in total. The van der Waals surface area contributed by atoms with Crippen molar-refractivity contribution in [3.63, 3.8) is 0 Å². The molecule has 0 radical (unpaired) electrons. The van der Waals surface area contributed by atoms with Gasteiger partial charge in [-0.1, -0.05) is 19.1 Å². The van der Waals surface area contributed by atoms with E-state index >= 15 is 0 Å². The van der Waals surface area contributed by atoms with Crippen LogP contribution in [0, 0.1) is 6.92 Å². The molecule has 1 aliphatic rings. The summed E-state index contributed by atoms with van der Waals surface area (Å²) in [5.41, 5.74) is 4.22. The number of carbonyl (C=O) groups excluding carboxylic acids is 1. The molecule has 0 spiro atoms. The van der Waals surface area contributed by atoms with Crippen LogP contribution in [-0.2, 0) is 13.0 Å². The van der Waals surface area contributed by atoms with Crippen molar-refractivity contribution in [2.75, 3.05) is 13.1 Å². The number of likely N-dealkylation sites (tertiary alicyclic amines) is 1. The Morgan fingerprint density at radius 2 is 2.11 bits per heavy atom. The fraction of sp³-hybridized carbons (Fsp3) is 0.450. The summed E-state index contributed by atoms with van der Waals surface area (Å²) in [6.45, 7) is 6.14. The first-order valence-corrected chi connectivity index (χ1v) is 9.78. The fourth-order valence-corrected chi connectivity index (χ4v) is 3.86. The summed E-state index contributed by atoms with van der Waals surface area (Å²) in [6, 6.07) is 7.74. The highest BCUT2D eigenvalue weighted by Crippen LogP contribution is 2.28. The number of hydrogen-bond donors (Lipinski definition) is 1. The number of rotatable bonds is 5. The maximum absolute atomic E-state index is 13.0. The second-order valence-corrected chi connectivity index (χ2v) is 7.33. The largest absolute Gasteiger partial charge is 0.338 e. The molecule has 28 heavy (non-hydrogen) atoms. The first kappa shape index (κ1) is 18.3. The lowest BCUT2D eigenvalue weighted by Gasteiger charge is -2.32. The minimum absolute atomic E-state index is 0.0902. The van der Waals surface area contributed by atoms with E-state index in [1.165, 1.54) is 11.3 Å². The molecule has 1 unspecified atom stereocenters. The first-order valence-electron chi connectivity index (χ1n) is 9.78. The number of tetrazole rings is 1. The first-order chi connectivity index (χ1) is 13.7. The predicted octanol–water partition coefficient (Wildman–Crippen LogP) is 2.34. The van der Waals surface area contributed by atoms with Crippen molar-refractivity contribution in [1.29, 1.82) is 0 Å². The summed E-state index contributed by atoms with van der Waals surface area (Å²) in [6.07, 6.45) is 4.96. The average Bonchev–Trinajstić information content (AvgIpc) is 3.37. The van der Waals surface area contributed by atoms with Crippen molar-refractivity contribution in [2.45, 2.75) is 45.6 Å². The van der Waals surface area contributed by atoms with Gasteiger partial charge in [0, 0.05) is 30.3 Å². The highest BCUT2D eigenvalue weighted by atomic mass is 16.2. The number of aromatic amines is 1. The van der Waals surface area contributed by atoms with Gasteiger partial charge in [0.1, 0.15) is 5.82 Å². The van der Waals surface area contributed by atoms with E-state index in [0.717, 1.165) is 49.3 Å². The SMILES string of the molecule is CCc1cn[nH]c1C1CCCN(C(=O)c2ccc(Cn3nnnc3C)cc2)C1. The van der Waals surface area contributed by atoms with Crippen LogP contribution in [0.1, 0.15) is 58.7 Å². The maximum atomic E-state index is 13.0. The molecule has 1 N–H and O–H groups in total. The van der Waals surface area contributed by atoms with E-state index in [0.29, 0.717) is 12.5 Å². The third-order valence-corrected chi connectivity index (χ3v) is 5.49. The lowest BCUT2D eigenvalue weighted by molar-refractivity contribution is 0.0705. The molecule has 1 atom stereocenters. The Balaban J connectivity index is 1.44. The van der Waals surface area contributed by atoms with Crippen LogP contribution < -0.4 is 0 Å². The Kier molecular flexibility index (Phi) is 5.18. The maximum Gasteiger partial charge on any atom is 0.253 e. The molecular weight excluding hydrogens is 354 g/mol. The summed E-state index contributed by atoms with van der Waals surface area (Å²) in [5.74, 6) is 1.19. The molecule has 8 heteroatoms. The highest BCUT2D eigenvalue weighted by molar-refractivity contribution is 5.94. The van der Waals surface area contributed by atoms with Crippen LogP contribution >= 0.6 is 0 Å². The summed E-state index contributed by atoms with van der Waals surface area (Å²) in [4.78, 5) is 15.0. The molecule has 4 rings (SSSR count). The fourth-order valence-electron chi connectivity index (χ4n) is 3.86. The van der Waals surface area contributed by atoms with Gasteiger partial charge in [-0.2, -0.15) is 5.10 Å². The number of hydrogen-bond acceptors (Lipinski definition) is 5. The van der Waals surface area contributed by atoms with E-state index in [9.17, 15) is 4.79 Å². The van der Waals surface area contributed by atoms with E-state index in [4.69, 9.17) is 0 Å². The van der Waals surface area contributed by atoms with Gasteiger partial charge >= 0.3 is 0 Å². The molecular formula is C20H25N7O. The lowest BCUT2D eigenvalue weighted by Crippen LogP contribution is -2.39. The molecule has 0 bridgehead atoms. The quantitative estimate of drug-likeness (QED) is 0.734. The van der Waals surface area contributed by atoms with Crippen molar-refractivity contribution >= 4 is 5.91 Å². The molecule has 1 saturated heterocycles. The molecule has 1 aromatic carbocycles. The lowest BCUT2D eigenvalue weighted by atomic mass is 9.91. The summed E-state index contributed by atoms with van der Waals surface area (Å²) in [5, 5.41) is 18.9. The number of nitrogens with one attached hydrogen (secondary N) is 1. The average molecular weight is 379 g/mol. The van der Waals surface area contributed by atoms with Crippen molar-refractivity contribution in [1.82, 2.24) is 35.3 Å². The molecule has 1 aliphatic heterocycles. The van der Waals surface area contributed by atoms with Crippen LogP contribution in [-0.4, -0.2) is 54.3 Å². The smallest absolute Gasteiger partial charge is 0.253 e. The Morgan fingerprint density at radius 1 is 1.29 bits per heavy atom. The number of benzene rings is 1. The van der Waals surface area contributed by atoms with Crippen LogP contribution in [0.5, 0.6) is 0 Å². The topological polar surface area (TPSA) is 92.6 Å². The van der Waals surface area contributed by atoms with E-state index in [-0.39, 0.29) is 5.91 Å². The monoisotopic (exact) mass is 379 g/mol. The van der Waals surface area contributed by atoms with E-state index in [1.807, 2.05) is 42.3 Å². The van der Waals surface area contributed by atoms with Crippen molar-refractivity contribution in [2.24, 2.45) is 0 Å². The third kappa shape index (κ3) is 3.67. The standard InChI is InChI=1S/C20H25N7O/c1-3-16-11-21-23-19(16)18-5-4-10-26(13-18)20(28)17-8-6-15(7-9-17)12-27-14(2)22-24-25-27/h6-9,11,18H,3-5,10,12-13H2,1-2H3,(H,21,23). The van der Waals surface area contributed by atoms with Gasteiger partial charge in [-0.3, -0.25) is 9.89 Å². The van der Waals surface area contributed by atoms with Gasteiger partial charge in [-0.25, -0.2) is 4.68 Å². The number of aromatic nitrogens is 6. The van der Waals surface area contributed by atoms with Crippen LogP contribution in [0.25, 0.3) is 0 Å². The second-order valence-electron chi connectivity index (χ2n) is 7.33. The minimum atomic E-state index is 0.0902. The van der Waals surface area contributed by atoms with Crippen LogP contribution in [0.3, 0.4) is 0 Å². The number of piperidine rings is 1. The number of nitrogens with zero attached hydrogens (tertiary/aromatic N) is 6. The number of carbonyl (C=O) groups is 1. The van der Waals surface area contributed by atoms with Gasteiger partial charge in [-0.05, 0) is 59.9 Å². The molecule has 0 saturated carbocycles. The van der Waals surface area contributed by atoms with E-state index < -0.39 is 0 Å². The zero-order chi connectivity index (χ0) is 19.5. The van der Waals surface area contributed by atoms with Gasteiger partial charge in [0.2, 0.25) is 0 Å². The Bertz CT molecular complexity index is 944. The minimum Gasteiger partial charge on any atom is -0.338 e. The van der Waals surface area contributed by atoms with Gasteiger partial charge in [-0.15, -0.1) is 5.10 Å². The molecule has 146 valence electrons. The van der Waals surface area contributed by atoms with Gasteiger partial charge < -0.3 is 4.90 Å². The predicted molar refractivity (Wildman–Crippen MR) is 104 cm³/mol. The molecule has 1 amide bonds. The van der Waals surface area contributed by atoms with Crippen LogP contribution in [0.15, 0.2) is 30.5 Å². The Morgan fingerprint density at radius 3 is 2.82 bits per heavy atom. The highest BCUT2D eigenvalue weighted by Gasteiger charge is 2.27. The molecule has 1 fully saturated rings. The number of H-pyrrole nitrogens is 1. The van der Waals surface area contributed by atoms with Crippen LogP contribution in [0.4, 0.5) is 0 Å². The van der Waals surface area contributed by atoms with Crippen molar-refractivity contribution in [3.8, 4) is 0 Å². The van der Waals surface area contributed by atoms with Crippen molar-refractivity contribution < 1.29 is 4.79 Å². The van der Waals surface area contributed by atoms with Gasteiger partial charge in [0.05, 0.1) is 12.7 Å². The summed E-state index contributed by atoms with van der Waals surface area (Å²) >= 11 is 0. The Labute approximate surface area is 163 Å². The van der Waals surface area contributed by atoms with E-state index in [1.54, 1.807) is 4.68 Å². The third-order valence-electron chi connectivity index (χ3n) is 5.49. The zero-order valence-corrected chi connectivity index (χ0v) is 16.3. The van der Waals surface area contributed by atoms with Crippen molar-refractivity contribution in [3.05, 3.63) is 58.7 Å². The summed E-state index contributed by atoms with van der Waals surface area (Å²) < 4.78 is 1.74. The number of aryl methyl sites for hydroxylation is 2. The molecule has 2 aromatic heterocycles. The zero-order valence-electron chi connectivity index (χ0n) is 16.3. The Hall–Kier alpha value is -3.03.